The van der Waals surface area contributed by atoms with Gasteiger partial charge in [0.05, 0.1) is 6.07 Å². The Balaban J connectivity index is 1.49. The number of carbonyl (C=O) groups is 1. The Labute approximate surface area is 169 Å². The number of rotatable bonds is 5. The van der Waals surface area contributed by atoms with Crippen molar-refractivity contribution in [1.82, 2.24) is 0 Å². The van der Waals surface area contributed by atoms with Gasteiger partial charge in [-0.15, -0.1) is 0 Å². The van der Waals surface area contributed by atoms with Crippen LogP contribution in [0.15, 0.2) is 97.1 Å². The maximum atomic E-state index is 12.6. The molecule has 0 amide bonds. The van der Waals surface area contributed by atoms with E-state index in [1.165, 1.54) is 0 Å². The number of hydrogen-bond acceptors (Lipinski definition) is 3. The quantitative estimate of drug-likeness (QED) is 0.326. The molecule has 140 valence electrons. The first-order chi connectivity index (χ1) is 14.2. The van der Waals surface area contributed by atoms with Crippen molar-refractivity contribution in [1.29, 1.82) is 5.26 Å². The third kappa shape index (κ3) is 4.17. The van der Waals surface area contributed by atoms with Gasteiger partial charge < -0.3 is 4.74 Å². The highest BCUT2D eigenvalue weighted by molar-refractivity contribution is 5.87. The molecule has 3 nitrogen and oxygen atoms in total. The summed E-state index contributed by atoms with van der Waals surface area (Å²) in [7, 11) is 0. The summed E-state index contributed by atoms with van der Waals surface area (Å²) in [6, 6.07) is 33.3. The third-order valence-electron chi connectivity index (χ3n) is 4.92. The van der Waals surface area contributed by atoms with Crippen molar-refractivity contribution in [2.75, 3.05) is 0 Å². The van der Waals surface area contributed by atoms with Gasteiger partial charge in [-0.1, -0.05) is 84.9 Å². The molecule has 4 rings (SSSR count). The second kappa shape index (κ2) is 8.41. The van der Waals surface area contributed by atoms with E-state index in [0.717, 1.165) is 27.5 Å². The van der Waals surface area contributed by atoms with Crippen molar-refractivity contribution >= 4 is 16.7 Å². The molecule has 0 N–H and O–H groups in total. The van der Waals surface area contributed by atoms with Gasteiger partial charge in [0, 0.05) is 0 Å². The lowest BCUT2D eigenvalue weighted by molar-refractivity contribution is -0.137. The zero-order chi connectivity index (χ0) is 20.1. The minimum absolute atomic E-state index is 0.318. The van der Waals surface area contributed by atoms with E-state index >= 15 is 0 Å². The molecule has 1 atom stereocenters. The van der Waals surface area contributed by atoms with Crippen LogP contribution < -0.4 is 4.74 Å². The van der Waals surface area contributed by atoms with Crippen LogP contribution in [0, 0.1) is 17.2 Å². The summed E-state index contributed by atoms with van der Waals surface area (Å²) >= 11 is 0. The van der Waals surface area contributed by atoms with E-state index < -0.39 is 11.9 Å². The van der Waals surface area contributed by atoms with Crippen LogP contribution in [-0.4, -0.2) is 5.97 Å². The van der Waals surface area contributed by atoms with Crippen LogP contribution in [0.2, 0.25) is 0 Å². The van der Waals surface area contributed by atoms with Crippen molar-refractivity contribution in [3.8, 4) is 22.9 Å². The van der Waals surface area contributed by atoms with E-state index in [1.807, 2.05) is 84.9 Å². The predicted molar refractivity (Wildman–Crippen MR) is 114 cm³/mol. The molecule has 4 aromatic carbocycles. The minimum atomic E-state index is -0.866. The molecule has 0 saturated heterocycles. The third-order valence-corrected chi connectivity index (χ3v) is 4.92. The normalized spacial score (nSPS) is 11.6. The van der Waals surface area contributed by atoms with E-state index in [1.54, 1.807) is 12.1 Å². The van der Waals surface area contributed by atoms with Gasteiger partial charge >= 0.3 is 5.97 Å². The largest absolute Gasteiger partial charge is 0.426 e. The molecule has 29 heavy (non-hydrogen) atoms. The predicted octanol–water partition coefficient (Wildman–Crippen LogP) is 5.79. The second-order valence-corrected chi connectivity index (χ2v) is 6.84. The molecule has 0 heterocycles. The number of nitrogens with zero attached hydrogens (tertiary/aromatic N) is 1. The minimum Gasteiger partial charge on any atom is -0.426 e. The second-order valence-electron chi connectivity index (χ2n) is 6.84. The highest BCUT2D eigenvalue weighted by atomic mass is 16.5. The molecule has 4 aromatic rings. The standard InChI is InChI=1S/C26H19NO2/c27-18-23(17-22-11-6-10-21-9-4-5-12-25(21)22)26(28)29-24-15-13-20(14-16-24)19-7-2-1-3-8-19/h1-16,23H,17H2. The van der Waals surface area contributed by atoms with Gasteiger partial charge in [0.2, 0.25) is 0 Å². The summed E-state index contributed by atoms with van der Waals surface area (Å²) in [5.74, 6) is -0.963. The van der Waals surface area contributed by atoms with Gasteiger partial charge in [-0.25, -0.2) is 0 Å². The number of hydrogen-bond donors (Lipinski definition) is 0. The highest BCUT2D eigenvalue weighted by Crippen LogP contribution is 2.24. The Morgan fingerprint density at radius 3 is 2.21 bits per heavy atom. The average molecular weight is 377 g/mol. The number of esters is 1. The maximum Gasteiger partial charge on any atom is 0.329 e. The van der Waals surface area contributed by atoms with E-state index in [-0.39, 0.29) is 0 Å². The fourth-order valence-corrected chi connectivity index (χ4v) is 3.41. The fraction of sp³-hybridized carbons (Fsp3) is 0.0769. The molecule has 0 fully saturated rings. The lowest BCUT2D eigenvalue weighted by Crippen LogP contribution is -2.21. The van der Waals surface area contributed by atoms with Gasteiger partial charge in [0.1, 0.15) is 11.7 Å². The van der Waals surface area contributed by atoms with Crippen LogP contribution in [0.1, 0.15) is 5.56 Å². The van der Waals surface area contributed by atoms with Crippen LogP contribution in [-0.2, 0) is 11.2 Å². The van der Waals surface area contributed by atoms with Crippen molar-refractivity contribution in [2.24, 2.45) is 5.92 Å². The smallest absolute Gasteiger partial charge is 0.329 e. The molecule has 0 aromatic heterocycles. The first kappa shape index (κ1) is 18.5. The number of carbonyl (C=O) groups excluding carboxylic acids is 1. The number of benzene rings is 4. The molecular formula is C26H19NO2. The maximum absolute atomic E-state index is 12.6. The average Bonchev–Trinajstić information content (AvgIpc) is 2.78. The highest BCUT2D eigenvalue weighted by Gasteiger charge is 2.22. The van der Waals surface area contributed by atoms with Gasteiger partial charge in [0.15, 0.2) is 0 Å². The summed E-state index contributed by atoms with van der Waals surface area (Å²) in [5, 5.41) is 11.7. The summed E-state index contributed by atoms with van der Waals surface area (Å²) in [5.41, 5.74) is 3.10. The molecule has 0 aliphatic heterocycles. The molecule has 0 aliphatic carbocycles. The SMILES string of the molecule is N#CC(Cc1cccc2ccccc12)C(=O)Oc1ccc(-c2ccccc2)cc1. The zero-order valence-electron chi connectivity index (χ0n) is 15.8. The molecule has 0 aliphatic rings. The van der Waals surface area contributed by atoms with E-state index in [4.69, 9.17) is 4.74 Å². The molecule has 0 bridgehead atoms. The zero-order valence-corrected chi connectivity index (χ0v) is 15.8. The first-order valence-corrected chi connectivity index (χ1v) is 9.48. The topological polar surface area (TPSA) is 50.1 Å². The number of ether oxygens (including phenoxy) is 1. The lowest BCUT2D eigenvalue weighted by atomic mass is 9.96. The number of fused-ring (bicyclic) bond motifs is 1. The first-order valence-electron chi connectivity index (χ1n) is 9.48. The van der Waals surface area contributed by atoms with E-state index in [0.29, 0.717) is 12.2 Å². The van der Waals surface area contributed by atoms with Crippen molar-refractivity contribution in [3.05, 3.63) is 103 Å². The summed E-state index contributed by atoms with van der Waals surface area (Å²) in [6.45, 7) is 0. The van der Waals surface area contributed by atoms with Crippen LogP contribution in [0.3, 0.4) is 0 Å². The van der Waals surface area contributed by atoms with Crippen LogP contribution >= 0.6 is 0 Å². The van der Waals surface area contributed by atoms with Crippen LogP contribution in [0.4, 0.5) is 0 Å². The Bertz CT molecular complexity index is 1170. The van der Waals surface area contributed by atoms with E-state index in [2.05, 4.69) is 6.07 Å². The fourth-order valence-electron chi connectivity index (χ4n) is 3.41. The Morgan fingerprint density at radius 2 is 1.45 bits per heavy atom. The van der Waals surface area contributed by atoms with E-state index in [9.17, 15) is 10.1 Å². The summed E-state index contributed by atoms with van der Waals surface area (Å²) in [4.78, 5) is 12.6. The molecule has 3 heteroatoms. The summed E-state index contributed by atoms with van der Waals surface area (Å²) in [6.07, 6.45) is 0.318. The number of nitriles is 1. The molecule has 1 unspecified atom stereocenters. The van der Waals surface area contributed by atoms with Gasteiger partial charge in [-0.05, 0) is 46.0 Å². The van der Waals surface area contributed by atoms with Gasteiger partial charge in [-0.3, -0.25) is 4.79 Å². The van der Waals surface area contributed by atoms with Crippen molar-refractivity contribution in [3.63, 3.8) is 0 Å². The van der Waals surface area contributed by atoms with Gasteiger partial charge in [0.25, 0.3) is 0 Å². The molecular weight excluding hydrogens is 358 g/mol. The van der Waals surface area contributed by atoms with Gasteiger partial charge in [-0.2, -0.15) is 5.26 Å². The molecule has 0 radical (unpaired) electrons. The van der Waals surface area contributed by atoms with Crippen molar-refractivity contribution in [2.45, 2.75) is 6.42 Å². The lowest BCUT2D eigenvalue weighted by Gasteiger charge is -2.12. The van der Waals surface area contributed by atoms with Crippen molar-refractivity contribution < 1.29 is 9.53 Å². The molecule has 0 spiro atoms. The Kier molecular flexibility index (Phi) is 5.36. The monoisotopic (exact) mass is 377 g/mol. The Morgan fingerprint density at radius 1 is 0.793 bits per heavy atom. The molecule has 0 saturated carbocycles. The summed E-state index contributed by atoms with van der Waals surface area (Å²) < 4.78 is 5.48. The van der Waals surface area contributed by atoms with Crippen LogP contribution in [0.25, 0.3) is 21.9 Å². The Hall–Kier alpha value is -3.90. The van der Waals surface area contributed by atoms with Crippen LogP contribution in [0.5, 0.6) is 5.75 Å².